The fourth-order valence-corrected chi connectivity index (χ4v) is 1.51. The fourth-order valence-electron chi connectivity index (χ4n) is 1.51. The van der Waals surface area contributed by atoms with Crippen molar-refractivity contribution in [1.29, 1.82) is 0 Å². The van der Waals surface area contributed by atoms with E-state index in [-0.39, 0.29) is 24.0 Å². The lowest BCUT2D eigenvalue weighted by Crippen LogP contribution is -2.57. The van der Waals surface area contributed by atoms with Gasteiger partial charge in [0.15, 0.2) is 5.76 Å². The third-order valence-electron chi connectivity index (χ3n) is 3.59. The molecular formula is C15H24N2O4. The van der Waals surface area contributed by atoms with Crippen molar-refractivity contribution in [3.63, 3.8) is 0 Å². The molecule has 0 fully saturated rings. The van der Waals surface area contributed by atoms with Crippen molar-refractivity contribution >= 4 is 11.8 Å². The Labute approximate surface area is 124 Å². The van der Waals surface area contributed by atoms with E-state index < -0.39 is 11.1 Å². The number of furan rings is 1. The molecule has 0 spiro atoms. The molecule has 6 heteroatoms. The summed E-state index contributed by atoms with van der Waals surface area (Å²) in [6.45, 7) is 7.22. The van der Waals surface area contributed by atoms with E-state index in [4.69, 9.17) is 4.42 Å². The minimum atomic E-state index is -1.02. The number of carbonyl (C=O) groups is 2. The Balaban J connectivity index is 2.27. The second kappa shape index (κ2) is 6.76. The van der Waals surface area contributed by atoms with Crippen LogP contribution in [0, 0.1) is 0 Å². The lowest BCUT2D eigenvalue weighted by Gasteiger charge is -2.38. The SMILES string of the molecule is CC(C)(O)C(C)(C)NC(=O)CCCNC(=O)c1ccco1. The Morgan fingerprint density at radius 2 is 1.95 bits per heavy atom. The van der Waals surface area contributed by atoms with E-state index in [0.29, 0.717) is 13.0 Å². The van der Waals surface area contributed by atoms with E-state index >= 15 is 0 Å². The molecule has 0 radical (unpaired) electrons. The summed E-state index contributed by atoms with van der Waals surface area (Å²) < 4.78 is 4.96. The molecule has 0 unspecified atom stereocenters. The second-order valence-electron chi connectivity index (χ2n) is 6.07. The van der Waals surface area contributed by atoms with Crippen LogP contribution >= 0.6 is 0 Å². The van der Waals surface area contributed by atoms with Crippen LogP contribution in [0.25, 0.3) is 0 Å². The molecule has 1 aromatic heterocycles. The lowest BCUT2D eigenvalue weighted by molar-refractivity contribution is -0.126. The molecule has 0 aliphatic heterocycles. The Hall–Kier alpha value is -1.82. The molecule has 0 saturated heterocycles. The topological polar surface area (TPSA) is 91.6 Å². The van der Waals surface area contributed by atoms with Gasteiger partial charge in [-0.25, -0.2) is 0 Å². The van der Waals surface area contributed by atoms with Crippen LogP contribution in [0.4, 0.5) is 0 Å². The Morgan fingerprint density at radius 1 is 1.29 bits per heavy atom. The van der Waals surface area contributed by atoms with Gasteiger partial charge >= 0.3 is 0 Å². The van der Waals surface area contributed by atoms with Crippen LogP contribution < -0.4 is 10.6 Å². The summed E-state index contributed by atoms with van der Waals surface area (Å²) in [7, 11) is 0. The van der Waals surface area contributed by atoms with Crippen LogP contribution in [-0.2, 0) is 4.79 Å². The third kappa shape index (κ3) is 5.23. The average Bonchev–Trinajstić information content (AvgIpc) is 2.86. The smallest absolute Gasteiger partial charge is 0.286 e. The number of nitrogens with one attached hydrogen (secondary N) is 2. The van der Waals surface area contributed by atoms with Crippen LogP contribution in [0.1, 0.15) is 51.1 Å². The Bertz CT molecular complexity index is 472. The van der Waals surface area contributed by atoms with Crippen molar-refractivity contribution in [3.05, 3.63) is 24.2 Å². The van der Waals surface area contributed by atoms with Crippen LogP contribution in [0.5, 0.6) is 0 Å². The molecule has 0 aliphatic carbocycles. The van der Waals surface area contributed by atoms with Crippen molar-refractivity contribution in [2.45, 2.75) is 51.7 Å². The quantitative estimate of drug-likeness (QED) is 0.664. The van der Waals surface area contributed by atoms with Gasteiger partial charge in [-0.1, -0.05) is 0 Å². The number of aliphatic hydroxyl groups is 1. The van der Waals surface area contributed by atoms with Crippen molar-refractivity contribution in [2.24, 2.45) is 0 Å². The van der Waals surface area contributed by atoms with Crippen molar-refractivity contribution in [1.82, 2.24) is 10.6 Å². The van der Waals surface area contributed by atoms with E-state index in [1.165, 1.54) is 6.26 Å². The van der Waals surface area contributed by atoms with Gasteiger partial charge in [0.2, 0.25) is 5.91 Å². The molecule has 118 valence electrons. The molecule has 0 bridgehead atoms. The molecule has 0 aliphatic rings. The summed E-state index contributed by atoms with van der Waals surface area (Å²) in [5.41, 5.74) is -1.74. The number of hydrogen-bond acceptors (Lipinski definition) is 4. The normalized spacial score (nSPS) is 12.0. The summed E-state index contributed by atoms with van der Waals surface area (Å²) in [4.78, 5) is 23.4. The summed E-state index contributed by atoms with van der Waals surface area (Å²) in [6, 6.07) is 3.22. The van der Waals surface area contributed by atoms with Gasteiger partial charge in [0.1, 0.15) is 0 Å². The first-order valence-corrected chi connectivity index (χ1v) is 6.98. The number of amides is 2. The molecule has 1 aromatic rings. The highest BCUT2D eigenvalue weighted by Crippen LogP contribution is 2.20. The molecule has 0 atom stereocenters. The predicted octanol–water partition coefficient (Wildman–Crippen LogP) is 1.46. The highest BCUT2D eigenvalue weighted by Gasteiger charge is 2.36. The Morgan fingerprint density at radius 3 is 2.48 bits per heavy atom. The lowest BCUT2D eigenvalue weighted by atomic mass is 9.86. The monoisotopic (exact) mass is 296 g/mol. The van der Waals surface area contributed by atoms with Crippen LogP contribution in [0.2, 0.25) is 0 Å². The molecular weight excluding hydrogens is 272 g/mol. The maximum atomic E-state index is 11.8. The number of rotatable bonds is 7. The van der Waals surface area contributed by atoms with Gasteiger partial charge in [0.25, 0.3) is 5.91 Å². The zero-order valence-corrected chi connectivity index (χ0v) is 13.0. The van der Waals surface area contributed by atoms with E-state index in [9.17, 15) is 14.7 Å². The average molecular weight is 296 g/mol. The number of carbonyl (C=O) groups excluding carboxylic acids is 2. The van der Waals surface area contributed by atoms with Gasteiger partial charge < -0.3 is 20.2 Å². The van der Waals surface area contributed by atoms with Gasteiger partial charge in [-0.15, -0.1) is 0 Å². The zero-order valence-electron chi connectivity index (χ0n) is 13.0. The highest BCUT2D eigenvalue weighted by atomic mass is 16.3. The van der Waals surface area contributed by atoms with E-state index in [1.807, 2.05) is 0 Å². The first-order chi connectivity index (χ1) is 9.63. The van der Waals surface area contributed by atoms with Crippen molar-refractivity contribution in [2.75, 3.05) is 6.54 Å². The van der Waals surface area contributed by atoms with Crippen molar-refractivity contribution < 1.29 is 19.1 Å². The van der Waals surface area contributed by atoms with Gasteiger partial charge in [0, 0.05) is 13.0 Å². The molecule has 6 nitrogen and oxygen atoms in total. The van der Waals surface area contributed by atoms with Gasteiger partial charge in [0.05, 0.1) is 17.4 Å². The molecule has 0 saturated carbocycles. The summed E-state index contributed by atoms with van der Waals surface area (Å²) in [5.74, 6) is -0.200. The summed E-state index contributed by atoms with van der Waals surface area (Å²) in [5, 5.41) is 15.4. The number of hydrogen-bond donors (Lipinski definition) is 3. The fraction of sp³-hybridized carbons (Fsp3) is 0.600. The van der Waals surface area contributed by atoms with Gasteiger partial charge in [-0.2, -0.15) is 0 Å². The highest BCUT2D eigenvalue weighted by molar-refractivity contribution is 5.91. The van der Waals surface area contributed by atoms with E-state index in [2.05, 4.69) is 10.6 Å². The molecule has 1 heterocycles. The molecule has 21 heavy (non-hydrogen) atoms. The van der Waals surface area contributed by atoms with Crippen LogP contribution in [0.3, 0.4) is 0 Å². The molecule has 3 N–H and O–H groups in total. The van der Waals surface area contributed by atoms with Crippen molar-refractivity contribution in [3.8, 4) is 0 Å². The summed E-state index contributed by atoms with van der Waals surface area (Å²) in [6.07, 6.45) is 2.22. The first kappa shape index (κ1) is 17.2. The molecule has 2 amide bonds. The minimum Gasteiger partial charge on any atom is -0.459 e. The predicted molar refractivity (Wildman–Crippen MR) is 78.8 cm³/mol. The van der Waals surface area contributed by atoms with Crippen LogP contribution in [0.15, 0.2) is 22.8 Å². The molecule has 1 rings (SSSR count). The van der Waals surface area contributed by atoms with Gasteiger partial charge in [-0.3, -0.25) is 9.59 Å². The van der Waals surface area contributed by atoms with Crippen LogP contribution in [-0.4, -0.2) is 34.6 Å². The first-order valence-electron chi connectivity index (χ1n) is 6.98. The van der Waals surface area contributed by atoms with E-state index in [0.717, 1.165) is 0 Å². The molecule has 0 aromatic carbocycles. The second-order valence-corrected chi connectivity index (χ2v) is 6.07. The third-order valence-corrected chi connectivity index (χ3v) is 3.59. The standard InChI is InChI=1S/C15H24N2O4/c1-14(2,15(3,4)20)17-12(18)8-5-9-16-13(19)11-7-6-10-21-11/h6-7,10,20H,5,8-9H2,1-4H3,(H,16,19)(H,17,18). The maximum absolute atomic E-state index is 11.8. The zero-order chi connectivity index (χ0) is 16.1. The largest absolute Gasteiger partial charge is 0.459 e. The maximum Gasteiger partial charge on any atom is 0.286 e. The van der Waals surface area contributed by atoms with E-state index in [1.54, 1.807) is 39.8 Å². The summed E-state index contributed by atoms with van der Waals surface area (Å²) >= 11 is 0. The minimum absolute atomic E-state index is 0.158. The van der Waals surface area contributed by atoms with Gasteiger partial charge in [-0.05, 0) is 46.2 Å². The Kier molecular flexibility index (Phi) is 5.54.